The van der Waals surface area contributed by atoms with Crippen LogP contribution in [0, 0.1) is 0 Å². The molecule has 0 amide bonds. The van der Waals surface area contributed by atoms with Crippen molar-refractivity contribution < 1.29 is 174 Å². The Bertz CT molecular complexity index is 1470. The topological polar surface area (TPSA) is 554 Å². The molecule has 0 aliphatic carbocycles. The largest absolute Gasteiger partial charge is 0.394 e. The maximum absolute atomic E-state index is 11.3. The summed E-state index contributed by atoms with van der Waals surface area (Å²) in [6.45, 7) is -7.33. The number of aliphatic hydroxyl groups is 21. The average molecular weight is 1130 g/mol. The van der Waals surface area contributed by atoms with Crippen LogP contribution in [0.2, 0.25) is 0 Å². The third-order valence-electron chi connectivity index (χ3n) is 14.8. The molecule has 21 rings (SSSR count). The smallest absolute Gasteiger partial charge is 0.187 e. The highest BCUT2D eigenvalue weighted by Gasteiger charge is 2.59. The molecule has 0 aromatic carbocycles. The van der Waals surface area contributed by atoms with Crippen molar-refractivity contribution in [1.29, 1.82) is 0 Å². The number of aliphatic hydroxyl groups excluding tert-OH is 21. The van der Waals surface area contributed by atoms with Crippen LogP contribution in [0.4, 0.5) is 0 Å². The zero-order valence-corrected chi connectivity index (χ0v) is 40.3. The van der Waals surface area contributed by atoms with Gasteiger partial charge in [0.15, 0.2) is 44.0 Å². The van der Waals surface area contributed by atoms with E-state index in [4.69, 9.17) is 66.3 Å². The lowest BCUT2D eigenvalue weighted by molar-refractivity contribution is -0.396. The maximum Gasteiger partial charge on any atom is 0.187 e. The van der Waals surface area contributed by atoms with E-state index in [0.29, 0.717) is 0 Å². The Morgan fingerprint density at radius 2 is 0.260 bits per heavy atom. The summed E-state index contributed by atoms with van der Waals surface area (Å²) in [5, 5.41) is 230. The molecule has 21 heterocycles. The molecular weight excluding hydrogens is 1060 g/mol. The third-order valence-corrected chi connectivity index (χ3v) is 14.8. The SMILES string of the molecule is OC[C@H]1OC2OC3[C@H](O)C(O)C(O[C@@H]3CO)O[C@H]3C(O)[C@@H](O)C(O[C@@H]3CO)O[C@H]3C(O)C(O)C(O[C@H]4[C@H](O)C(O)C(O[C@H]5[C@H](O)[C@@H](O)C(O[C@H]6[C@H](O)C(O)C(OC1C(O)[C@H]2O)O[C@@H]6CO)O[C@@H]5CO)O[C@@H]4CO)O[C@@H]3CO. The van der Waals surface area contributed by atoms with Crippen molar-refractivity contribution in [2.24, 2.45) is 0 Å². The van der Waals surface area contributed by atoms with Crippen LogP contribution in [0.1, 0.15) is 0 Å². The predicted octanol–water partition coefficient (Wildman–Crippen LogP) is -15.2. The van der Waals surface area contributed by atoms with Crippen molar-refractivity contribution in [2.75, 3.05) is 46.2 Å². The van der Waals surface area contributed by atoms with Gasteiger partial charge < -0.3 is 174 Å². The van der Waals surface area contributed by atoms with Crippen LogP contribution in [0.5, 0.6) is 0 Å². The fraction of sp³-hybridized carbons (Fsp3) is 1.00. The summed E-state index contributed by atoms with van der Waals surface area (Å²) in [6, 6.07) is 0. The van der Waals surface area contributed by atoms with Crippen molar-refractivity contribution in [3.8, 4) is 0 Å². The summed E-state index contributed by atoms with van der Waals surface area (Å²) >= 11 is 0. The van der Waals surface area contributed by atoms with Gasteiger partial charge in [0.05, 0.1) is 46.2 Å². The first-order valence-electron chi connectivity index (χ1n) is 24.6. The van der Waals surface area contributed by atoms with Crippen molar-refractivity contribution in [2.45, 2.75) is 215 Å². The van der Waals surface area contributed by atoms with Crippen LogP contribution >= 0.6 is 0 Å². The van der Waals surface area contributed by atoms with Crippen LogP contribution < -0.4 is 0 Å². The first-order chi connectivity index (χ1) is 36.7. The van der Waals surface area contributed by atoms with E-state index in [-0.39, 0.29) is 0 Å². The second kappa shape index (κ2) is 26.0. The van der Waals surface area contributed by atoms with Crippen molar-refractivity contribution in [1.82, 2.24) is 0 Å². The van der Waals surface area contributed by atoms with Gasteiger partial charge in [-0.25, -0.2) is 0 Å². The number of ether oxygens (including phenoxy) is 14. The Hall–Kier alpha value is -1.40. The van der Waals surface area contributed by atoms with Gasteiger partial charge in [-0.15, -0.1) is 0 Å². The Morgan fingerprint density at radius 1 is 0.156 bits per heavy atom. The minimum atomic E-state index is -2.21. The number of rotatable bonds is 7. The summed E-state index contributed by atoms with van der Waals surface area (Å²) in [5.41, 5.74) is 0. The molecule has 0 spiro atoms. The van der Waals surface area contributed by atoms with Gasteiger partial charge >= 0.3 is 0 Å². The van der Waals surface area contributed by atoms with E-state index in [0.717, 1.165) is 0 Å². The molecular formula is C42H70O35. The highest BCUT2D eigenvalue weighted by Crippen LogP contribution is 2.39. The van der Waals surface area contributed by atoms with E-state index in [1.165, 1.54) is 0 Å². The van der Waals surface area contributed by atoms with E-state index >= 15 is 0 Å². The normalized spacial score (nSPS) is 55.4. The summed E-state index contributed by atoms with van der Waals surface area (Å²) in [7, 11) is 0. The average Bonchev–Trinajstić information content (AvgIpc) is 3.45. The van der Waals surface area contributed by atoms with E-state index < -0.39 is 261 Å². The highest BCUT2D eigenvalue weighted by atomic mass is 16.8. The molecule has 35 nitrogen and oxygen atoms in total. The summed E-state index contributed by atoms with van der Waals surface area (Å²) in [4.78, 5) is 0. The van der Waals surface area contributed by atoms with E-state index in [1.54, 1.807) is 0 Å². The van der Waals surface area contributed by atoms with Gasteiger partial charge in [-0.3, -0.25) is 0 Å². The molecule has 21 aliphatic heterocycles. The van der Waals surface area contributed by atoms with Crippen LogP contribution in [0.15, 0.2) is 0 Å². The molecule has 0 saturated carbocycles. The Balaban J connectivity index is 1.08. The molecule has 0 aromatic rings. The van der Waals surface area contributed by atoms with Gasteiger partial charge in [-0.05, 0) is 0 Å². The molecule has 35 heteroatoms. The standard InChI is InChI=1S/C42H70O35/c43-1-8-29-15(50)22(57)36(64-8)72-30-9(2-44)66-38(24(59)17(30)52)74-32-11(4-46)68-40(26(61)19(32)54)76-34-13(6-48)70-42(28(63)21(34)56)77-35-14(7-49)69-41(27(62)20(35)55)75-33-12(5-47)67-39(25(60)18(33)53)73-31-10(3-45)65-37(71-29)23(58)16(31)51/h8-63H,1-7H2/t8-,9-,10-,11-,12-,13-,14-,15-,16-,17-,18?,19?,20?,21-,22-,23?,24?,25?,26-,27-,28?,29-,30-,31-,32?,33-,34?,35-,36?,37?,38?,39?,40?,41?,42?/m1/s1. The maximum atomic E-state index is 11.3. The van der Waals surface area contributed by atoms with Crippen LogP contribution in [-0.2, 0) is 66.3 Å². The second-order valence-corrected chi connectivity index (χ2v) is 19.7. The van der Waals surface area contributed by atoms with Crippen molar-refractivity contribution in [3.63, 3.8) is 0 Å². The molecule has 21 fully saturated rings. The minimum absolute atomic E-state index is 1.05. The number of hydrogen-bond donors (Lipinski definition) is 21. The van der Waals surface area contributed by atoms with Gasteiger partial charge in [-0.1, -0.05) is 0 Å². The summed E-state index contributed by atoms with van der Waals surface area (Å²) in [6.07, 6.45) is -70.2. The molecule has 21 saturated heterocycles. The molecule has 21 N–H and O–H groups in total. The lowest BCUT2D eigenvalue weighted by atomic mass is 9.95. The van der Waals surface area contributed by atoms with Gasteiger partial charge in [-0.2, -0.15) is 0 Å². The van der Waals surface area contributed by atoms with E-state index in [9.17, 15) is 107 Å². The van der Waals surface area contributed by atoms with Crippen LogP contribution in [-0.4, -0.2) is 368 Å². The highest BCUT2D eigenvalue weighted by molar-refractivity contribution is 5.01. The van der Waals surface area contributed by atoms with E-state index in [2.05, 4.69) is 0 Å². The lowest BCUT2D eigenvalue weighted by Gasteiger charge is -2.50. The second-order valence-electron chi connectivity index (χ2n) is 19.7. The Kier molecular flexibility index (Phi) is 20.8. The van der Waals surface area contributed by atoms with Gasteiger partial charge in [0.1, 0.15) is 171 Å². The van der Waals surface area contributed by atoms with Crippen LogP contribution in [0.3, 0.4) is 0 Å². The van der Waals surface area contributed by atoms with Gasteiger partial charge in [0.25, 0.3) is 0 Å². The number of hydrogen-bond acceptors (Lipinski definition) is 35. The molecule has 0 radical (unpaired) electrons. The lowest BCUT2D eigenvalue weighted by Crippen LogP contribution is -2.68. The fourth-order valence-electron chi connectivity index (χ4n) is 10.4. The molecule has 21 aliphatic rings. The summed E-state index contributed by atoms with van der Waals surface area (Å²) < 4.78 is 79.5. The fourth-order valence-corrected chi connectivity index (χ4v) is 10.4. The minimum Gasteiger partial charge on any atom is -0.394 e. The molecule has 448 valence electrons. The molecule has 35 atom stereocenters. The molecule has 0 aromatic heterocycles. The predicted molar refractivity (Wildman–Crippen MR) is 228 cm³/mol. The zero-order valence-electron chi connectivity index (χ0n) is 40.3. The zero-order chi connectivity index (χ0) is 56.1. The monoisotopic (exact) mass is 1130 g/mol. The summed E-state index contributed by atoms with van der Waals surface area (Å²) in [5.74, 6) is 0. The molecule has 77 heavy (non-hydrogen) atoms. The van der Waals surface area contributed by atoms with Crippen molar-refractivity contribution in [3.05, 3.63) is 0 Å². The van der Waals surface area contributed by atoms with Gasteiger partial charge in [0, 0.05) is 0 Å². The first-order valence-corrected chi connectivity index (χ1v) is 24.6. The van der Waals surface area contributed by atoms with Gasteiger partial charge in [0.2, 0.25) is 0 Å². The quantitative estimate of drug-likeness (QED) is 0.113. The molecule has 14 bridgehead atoms. The first kappa shape index (κ1) is 61.7. The Labute approximate surface area is 434 Å². The third kappa shape index (κ3) is 12.1. The van der Waals surface area contributed by atoms with E-state index in [1.807, 2.05) is 0 Å². The van der Waals surface area contributed by atoms with Crippen molar-refractivity contribution >= 4 is 0 Å². The molecule has 16 unspecified atom stereocenters. The van der Waals surface area contributed by atoms with Crippen LogP contribution in [0.25, 0.3) is 0 Å². The Morgan fingerprint density at radius 3 is 0.351 bits per heavy atom.